The Morgan fingerprint density at radius 1 is 0.692 bits per heavy atom. The third kappa shape index (κ3) is 8.67. The minimum Gasteiger partial charge on any atom is -0.453 e. The minimum atomic E-state index is -1.30. The van der Waals surface area contributed by atoms with Crippen molar-refractivity contribution in [1.82, 2.24) is 15.5 Å². The van der Waals surface area contributed by atoms with E-state index in [0.717, 1.165) is 33.0 Å². The lowest BCUT2D eigenvalue weighted by Crippen LogP contribution is -2.56. The average molecular weight is 702 g/mol. The van der Waals surface area contributed by atoms with Gasteiger partial charge < -0.3 is 29.7 Å². The second-order valence-electron chi connectivity index (χ2n) is 12.4. The molecule has 5 rings (SSSR count). The van der Waals surface area contributed by atoms with Gasteiger partial charge in [-0.2, -0.15) is 0 Å². The third-order valence-corrected chi connectivity index (χ3v) is 9.16. The Balaban J connectivity index is 1.56. The third-order valence-electron chi connectivity index (χ3n) is 9.16. The number of nitrogens with zero attached hydrogens (tertiary/aromatic N) is 1. The van der Waals surface area contributed by atoms with E-state index in [2.05, 4.69) is 10.6 Å². The van der Waals surface area contributed by atoms with Crippen LogP contribution < -0.4 is 10.6 Å². The molecule has 0 aliphatic carbocycles. The number of nitrogens with one attached hydrogen (secondary N) is 2. The number of rotatable bonds is 16. The maximum Gasteiger partial charge on any atom is 0.407 e. The highest BCUT2D eigenvalue weighted by molar-refractivity contribution is 5.92. The minimum absolute atomic E-state index is 0.168. The molecule has 52 heavy (non-hydrogen) atoms. The van der Waals surface area contributed by atoms with Crippen molar-refractivity contribution in [2.45, 2.75) is 57.6 Å². The summed E-state index contributed by atoms with van der Waals surface area (Å²) >= 11 is 0. The zero-order valence-corrected chi connectivity index (χ0v) is 30.2. The summed E-state index contributed by atoms with van der Waals surface area (Å²) in [4.78, 5) is 43.8. The molecule has 0 fully saturated rings. The Morgan fingerprint density at radius 3 is 1.71 bits per heavy atom. The number of hydrogen-bond donors (Lipinski definition) is 2. The smallest absolute Gasteiger partial charge is 0.407 e. The Kier molecular flexibility index (Phi) is 13.2. The van der Waals surface area contributed by atoms with Gasteiger partial charge in [-0.15, -0.1) is 0 Å². The second kappa shape index (κ2) is 18.1. The van der Waals surface area contributed by atoms with Crippen molar-refractivity contribution in [2.24, 2.45) is 0 Å². The number of hydrogen-bond acceptors (Lipinski definition) is 6. The predicted molar refractivity (Wildman–Crippen MR) is 202 cm³/mol. The topological polar surface area (TPSA) is 106 Å². The molecule has 0 saturated heterocycles. The highest BCUT2D eigenvalue weighted by Gasteiger charge is 2.40. The van der Waals surface area contributed by atoms with Gasteiger partial charge in [-0.3, -0.25) is 9.59 Å². The summed E-state index contributed by atoms with van der Waals surface area (Å²) in [6, 6.07) is 41.1. The van der Waals surface area contributed by atoms with Gasteiger partial charge in [0.2, 0.25) is 11.8 Å². The first-order chi connectivity index (χ1) is 25.3. The molecule has 0 bridgehead atoms. The van der Waals surface area contributed by atoms with Crippen LogP contribution in [-0.4, -0.2) is 61.5 Å². The molecule has 9 heteroatoms. The number of carbonyl (C=O) groups excluding carboxylic acids is 3. The molecule has 5 aromatic rings. The van der Waals surface area contributed by atoms with Crippen molar-refractivity contribution >= 4 is 28.7 Å². The number of alkyl carbamates (subject to hydrolysis) is 1. The lowest BCUT2D eigenvalue weighted by atomic mass is 9.77. The van der Waals surface area contributed by atoms with Gasteiger partial charge in [0.05, 0.1) is 19.6 Å². The van der Waals surface area contributed by atoms with Gasteiger partial charge in [0.15, 0.2) is 6.29 Å². The summed E-state index contributed by atoms with van der Waals surface area (Å²) in [5.74, 6) is -0.953. The van der Waals surface area contributed by atoms with Crippen LogP contribution >= 0.6 is 0 Å². The molecule has 0 saturated carbocycles. The van der Waals surface area contributed by atoms with Crippen LogP contribution in [0, 0.1) is 0 Å². The van der Waals surface area contributed by atoms with Crippen molar-refractivity contribution in [3.05, 3.63) is 156 Å². The first kappa shape index (κ1) is 37.7. The molecule has 0 aliphatic rings. The van der Waals surface area contributed by atoms with Gasteiger partial charge in [0.1, 0.15) is 11.6 Å². The average Bonchev–Trinajstić information content (AvgIpc) is 3.19. The van der Waals surface area contributed by atoms with Crippen LogP contribution in [0.5, 0.6) is 0 Å². The fourth-order valence-electron chi connectivity index (χ4n) is 6.67. The maximum absolute atomic E-state index is 14.9. The number of amides is 3. The highest BCUT2D eigenvalue weighted by atomic mass is 16.7. The predicted octanol–water partition coefficient (Wildman–Crippen LogP) is 7.18. The molecule has 2 atom stereocenters. The molecule has 0 unspecified atom stereocenters. The number of carbonyl (C=O) groups is 3. The van der Waals surface area contributed by atoms with Crippen molar-refractivity contribution in [3.8, 4) is 0 Å². The SMILES string of the molecule is CCOC(OCC)[C@H](C)N(Cc1cccc2ccccc12)C(=O)[C@H](CC(=O)NC(c1ccccc1)(c1ccccc1)c1ccccc1)NC(=O)OC. The van der Waals surface area contributed by atoms with E-state index in [9.17, 15) is 14.4 Å². The standard InChI is InChI=1S/C43H47N3O6/c1-5-51-41(52-6-2)31(3)46(30-33-21-18-20-32-19-16-17-28-37(32)33)40(48)38(44-42(49)50-4)29-39(47)45-43(34-22-10-7-11-23-34,35-24-12-8-13-25-35)36-26-14-9-15-27-36/h7-28,31,38,41H,5-6,29-30H2,1-4H3,(H,44,49)(H,45,47)/t31-,38-/m0/s1. The lowest BCUT2D eigenvalue weighted by molar-refractivity contribution is -0.179. The zero-order chi connectivity index (χ0) is 36.9. The Labute approximate surface area is 305 Å². The Hall–Kier alpha value is -5.51. The Bertz CT molecular complexity index is 1800. The van der Waals surface area contributed by atoms with E-state index >= 15 is 0 Å². The molecule has 270 valence electrons. The first-order valence-corrected chi connectivity index (χ1v) is 17.6. The number of ether oxygens (including phenoxy) is 3. The maximum atomic E-state index is 14.9. The molecule has 0 radical (unpaired) electrons. The fourth-order valence-corrected chi connectivity index (χ4v) is 6.67. The van der Waals surface area contributed by atoms with Crippen LogP contribution in [0.25, 0.3) is 10.8 Å². The van der Waals surface area contributed by atoms with E-state index < -0.39 is 41.8 Å². The van der Waals surface area contributed by atoms with E-state index in [-0.39, 0.29) is 13.0 Å². The van der Waals surface area contributed by atoms with Gasteiger partial charge in [-0.05, 0) is 53.8 Å². The summed E-state index contributed by atoms with van der Waals surface area (Å²) in [7, 11) is 1.22. The molecular weight excluding hydrogens is 654 g/mol. The molecule has 2 N–H and O–H groups in total. The van der Waals surface area contributed by atoms with Crippen LogP contribution in [0.3, 0.4) is 0 Å². The first-order valence-electron chi connectivity index (χ1n) is 17.6. The van der Waals surface area contributed by atoms with Crippen molar-refractivity contribution in [3.63, 3.8) is 0 Å². The van der Waals surface area contributed by atoms with Crippen molar-refractivity contribution in [1.29, 1.82) is 0 Å². The van der Waals surface area contributed by atoms with Gasteiger partial charge in [0.25, 0.3) is 0 Å². The lowest BCUT2D eigenvalue weighted by Gasteiger charge is -2.38. The molecule has 0 aliphatic heterocycles. The van der Waals surface area contributed by atoms with Crippen LogP contribution in [0.4, 0.5) is 4.79 Å². The monoisotopic (exact) mass is 701 g/mol. The molecule has 0 heterocycles. The van der Waals surface area contributed by atoms with Gasteiger partial charge in [0, 0.05) is 19.8 Å². The summed E-state index contributed by atoms with van der Waals surface area (Å²) in [6.45, 7) is 6.46. The number of benzene rings is 5. The molecule has 3 amide bonds. The molecule has 0 spiro atoms. The number of fused-ring (bicyclic) bond motifs is 1. The van der Waals surface area contributed by atoms with Gasteiger partial charge in [-0.25, -0.2) is 4.79 Å². The number of methoxy groups -OCH3 is 1. The normalized spacial score (nSPS) is 12.6. The molecular formula is C43H47N3O6. The zero-order valence-electron chi connectivity index (χ0n) is 30.2. The van der Waals surface area contributed by atoms with E-state index in [0.29, 0.717) is 13.2 Å². The summed E-state index contributed by atoms with van der Waals surface area (Å²) < 4.78 is 16.9. The highest BCUT2D eigenvalue weighted by Crippen LogP contribution is 2.37. The molecule has 0 aromatic heterocycles. The van der Waals surface area contributed by atoms with E-state index in [1.807, 2.05) is 154 Å². The van der Waals surface area contributed by atoms with Crippen LogP contribution in [0.1, 0.15) is 49.4 Å². The largest absolute Gasteiger partial charge is 0.453 e. The summed E-state index contributed by atoms with van der Waals surface area (Å²) in [5, 5.41) is 7.98. The van der Waals surface area contributed by atoms with E-state index in [1.54, 1.807) is 4.90 Å². The van der Waals surface area contributed by atoms with E-state index in [1.165, 1.54) is 7.11 Å². The van der Waals surface area contributed by atoms with E-state index in [4.69, 9.17) is 14.2 Å². The molecule has 5 aromatic carbocycles. The second-order valence-corrected chi connectivity index (χ2v) is 12.4. The molecule has 9 nitrogen and oxygen atoms in total. The van der Waals surface area contributed by atoms with Gasteiger partial charge >= 0.3 is 6.09 Å². The van der Waals surface area contributed by atoms with Gasteiger partial charge in [-0.1, -0.05) is 133 Å². The Morgan fingerprint density at radius 2 is 1.19 bits per heavy atom. The quantitative estimate of drug-likeness (QED) is 0.0835. The summed E-state index contributed by atoms with van der Waals surface area (Å²) in [5.41, 5.74) is 2.25. The van der Waals surface area contributed by atoms with Crippen LogP contribution in [0.2, 0.25) is 0 Å². The van der Waals surface area contributed by atoms with Crippen molar-refractivity contribution in [2.75, 3.05) is 20.3 Å². The fraction of sp³-hybridized carbons (Fsp3) is 0.279. The summed E-state index contributed by atoms with van der Waals surface area (Å²) in [6.07, 6.45) is -1.98. The van der Waals surface area contributed by atoms with Crippen LogP contribution in [-0.2, 0) is 35.9 Å². The van der Waals surface area contributed by atoms with Crippen LogP contribution in [0.15, 0.2) is 133 Å². The van der Waals surface area contributed by atoms with Crippen molar-refractivity contribution < 1.29 is 28.6 Å².